The first-order valence-electron chi connectivity index (χ1n) is 3.88. The molecule has 0 aromatic carbocycles. The first kappa shape index (κ1) is 9.75. The van der Waals surface area contributed by atoms with Crippen molar-refractivity contribution in [3.05, 3.63) is 21.9 Å². The third-order valence-electron chi connectivity index (χ3n) is 1.64. The average Bonchev–Trinajstić information content (AvgIpc) is 2.51. The van der Waals surface area contributed by atoms with Crippen molar-refractivity contribution in [2.75, 3.05) is 0 Å². The summed E-state index contributed by atoms with van der Waals surface area (Å²) in [5, 5.41) is 14.8. The maximum atomic E-state index is 11.4. The van der Waals surface area contributed by atoms with Gasteiger partial charge in [-0.3, -0.25) is 4.79 Å². The summed E-state index contributed by atoms with van der Waals surface area (Å²) >= 11 is 1.49. The maximum absolute atomic E-state index is 11.4. The largest absolute Gasteiger partial charge is 0.337 e. The molecule has 0 aliphatic carbocycles. The van der Waals surface area contributed by atoms with E-state index in [-0.39, 0.29) is 5.91 Å². The van der Waals surface area contributed by atoms with Gasteiger partial charge >= 0.3 is 0 Å². The first-order chi connectivity index (χ1) is 6.15. The van der Waals surface area contributed by atoms with Crippen LogP contribution in [0.1, 0.15) is 22.8 Å². The van der Waals surface area contributed by atoms with Crippen molar-refractivity contribution >= 4 is 17.2 Å². The van der Waals surface area contributed by atoms with E-state index in [9.17, 15) is 4.79 Å². The van der Waals surface area contributed by atoms with Gasteiger partial charge in [0.05, 0.1) is 11.6 Å². The number of nitrogens with zero attached hydrogens (tertiary/aromatic N) is 1. The number of carbonyl (C=O) groups excluding carboxylic acids is 1. The Morgan fingerprint density at radius 3 is 2.85 bits per heavy atom. The van der Waals surface area contributed by atoms with E-state index in [0.717, 1.165) is 5.56 Å². The SMILES string of the molecule is Cc1cscc1C(=O)NC(C)C#N. The van der Waals surface area contributed by atoms with Crippen molar-refractivity contribution in [3.63, 3.8) is 0 Å². The molecule has 1 N–H and O–H groups in total. The number of nitrogens with one attached hydrogen (secondary N) is 1. The summed E-state index contributed by atoms with van der Waals surface area (Å²) in [5.74, 6) is -0.173. The predicted molar refractivity (Wildman–Crippen MR) is 51.6 cm³/mol. The van der Waals surface area contributed by atoms with E-state index in [1.54, 1.807) is 12.3 Å². The van der Waals surface area contributed by atoms with Crippen molar-refractivity contribution in [2.45, 2.75) is 19.9 Å². The predicted octanol–water partition coefficient (Wildman–Crippen LogP) is 1.70. The molecule has 0 bridgehead atoms. The van der Waals surface area contributed by atoms with Gasteiger partial charge in [-0.2, -0.15) is 16.6 Å². The second-order valence-corrected chi connectivity index (χ2v) is 3.54. The van der Waals surface area contributed by atoms with Gasteiger partial charge in [-0.25, -0.2) is 0 Å². The number of carbonyl (C=O) groups is 1. The van der Waals surface area contributed by atoms with Crippen LogP contribution in [0.4, 0.5) is 0 Å². The molecule has 0 aliphatic heterocycles. The molecule has 0 fully saturated rings. The van der Waals surface area contributed by atoms with Crippen LogP contribution in [-0.2, 0) is 0 Å². The van der Waals surface area contributed by atoms with Gasteiger partial charge in [-0.1, -0.05) is 0 Å². The Morgan fingerprint density at radius 2 is 2.38 bits per heavy atom. The zero-order valence-corrected chi connectivity index (χ0v) is 8.31. The third kappa shape index (κ3) is 2.30. The summed E-state index contributed by atoms with van der Waals surface area (Å²) in [4.78, 5) is 11.4. The van der Waals surface area contributed by atoms with Crippen LogP contribution in [0.3, 0.4) is 0 Å². The summed E-state index contributed by atoms with van der Waals surface area (Å²) < 4.78 is 0. The molecule has 1 rings (SSSR count). The van der Waals surface area contributed by atoms with Crippen LogP contribution in [0.15, 0.2) is 10.8 Å². The number of thiophene rings is 1. The minimum Gasteiger partial charge on any atom is -0.337 e. The minimum absolute atomic E-state index is 0.173. The van der Waals surface area contributed by atoms with Crippen LogP contribution in [0, 0.1) is 18.3 Å². The summed E-state index contributed by atoms with van der Waals surface area (Å²) in [6, 6.07) is 1.51. The summed E-state index contributed by atoms with van der Waals surface area (Å²) in [6.45, 7) is 3.53. The molecule has 1 unspecified atom stereocenters. The smallest absolute Gasteiger partial charge is 0.253 e. The normalized spacial score (nSPS) is 11.8. The van der Waals surface area contributed by atoms with E-state index in [4.69, 9.17) is 5.26 Å². The molecule has 4 heteroatoms. The van der Waals surface area contributed by atoms with E-state index in [1.165, 1.54) is 11.3 Å². The van der Waals surface area contributed by atoms with Crippen LogP contribution in [0.25, 0.3) is 0 Å². The van der Waals surface area contributed by atoms with Crippen molar-refractivity contribution in [2.24, 2.45) is 0 Å². The van der Waals surface area contributed by atoms with Crippen molar-refractivity contribution in [1.82, 2.24) is 5.32 Å². The highest BCUT2D eigenvalue weighted by atomic mass is 32.1. The molecule has 1 atom stereocenters. The fourth-order valence-corrected chi connectivity index (χ4v) is 1.73. The molecule has 1 amide bonds. The summed E-state index contributed by atoms with van der Waals surface area (Å²) in [6.07, 6.45) is 0. The second-order valence-electron chi connectivity index (χ2n) is 2.79. The highest BCUT2D eigenvalue weighted by Crippen LogP contribution is 2.13. The van der Waals surface area contributed by atoms with E-state index in [1.807, 2.05) is 18.4 Å². The lowest BCUT2D eigenvalue weighted by molar-refractivity contribution is 0.0947. The maximum Gasteiger partial charge on any atom is 0.253 e. The fraction of sp³-hybridized carbons (Fsp3) is 0.333. The Balaban J connectivity index is 2.71. The molecule has 13 heavy (non-hydrogen) atoms. The lowest BCUT2D eigenvalue weighted by atomic mass is 10.2. The Kier molecular flexibility index (Phi) is 3.04. The van der Waals surface area contributed by atoms with Crippen LogP contribution < -0.4 is 5.32 Å². The van der Waals surface area contributed by atoms with Gasteiger partial charge < -0.3 is 5.32 Å². The van der Waals surface area contributed by atoms with Crippen molar-refractivity contribution in [1.29, 1.82) is 5.26 Å². The lowest BCUT2D eigenvalue weighted by Crippen LogP contribution is -2.31. The van der Waals surface area contributed by atoms with Crippen molar-refractivity contribution < 1.29 is 4.79 Å². The highest BCUT2D eigenvalue weighted by Gasteiger charge is 2.11. The number of aryl methyl sites for hydroxylation is 1. The molecule has 68 valence electrons. The molecule has 0 aliphatic rings. The number of amides is 1. The topological polar surface area (TPSA) is 52.9 Å². The number of hydrogen-bond acceptors (Lipinski definition) is 3. The molecule has 0 spiro atoms. The van der Waals surface area contributed by atoms with E-state index < -0.39 is 6.04 Å². The van der Waals surface area contributed by atoms with Crippen LogP contribution >= 0.6 is 11.3 Å². The Labute approximate surface area is 81.0 Å². The highest BCUT2D eigenvalue weighted by molar-refractivity contribution is 7.08. The molecular weight excluding hydrogens is 184 g/mol. The molecule has 3 nitrogen and oxygen atoms in total. The van der Waals surface area contributed by atoms with Crippen LogP contribution in [-0.4, -0.2) is 11.9 Å². The molecule has 0 saturated heterocycles. The lowest BCUT2D eigenvalue weighted by Gasteiger charge is -2.04. The van der Waals surface area contributed by atoms with Gasteiger partial charge in [0.15, 0.2) is 0 Å². The summed E-state index contributed by atoms with van der Waals surface area (Å²) in [7, 11) is 0. The van der Waals surface area contributed by atoms with Gasteiger partial charge in [-0.15, -0.1) is 0 Å². The molecule has 1 heterocycles. The fourth-order valence-electron chi connectivity index (χ4n) is 0.900. The molecule has 1 aromatic heterocycles. The zero-order chi connectivity index (χ0) is 9.84. The van der Waals surface area contributed by atoms with E-state index in [0.29, 0.717) is 5.56 Å². The number of nitriles is 1. The third-order valence-corrected chi connectivity index (χ3v) is 2.50. The Bertz CT molecular complexity index is 351. The van der Waals surface area contributed by atoms with E-state index in [2.05, 4.69) is 5.32 Å². The van der Waals surface area contributed by atoms with Crippen LogP contribution in [0.5, 0.6) is 0 Å². The minimum atomic E-state index is -0.438. The molecule has 1 aromatic rings. The number of hydrogen-bond donors (Lipinski definition) is 1. The Hall–Kier alpha value is -1.34. The van der Waals surface area contributed by atoms with Gasteiger partial charge in [0.25, 0.3) is 5.91 Å². The van der Waals surface area contributed by atoms with Gasteiger partial charge in [0, 0.05) is 5.38 Å². The molecule has 0 saturated carbocycles. The quantitative estimate of drug-likeness (QED) is 0.779. The monoisotopic (exact) mass is 194 g/mol. The second kappa shape index (κ2) is 4.06. The number of rotatable bonds is 2. The van der Waals surface area contributed by atoms with E-state index >= 15 is 0 Å². The standard InChI is InChI=1S/C9H10N2OS/c1-6-4-13-5-8(6)9(12)11-7(2)3-10/h4-5,7H,1-2H3,(H,11,12). The summed E-state index contributed by atoms with van der Waals surface area (Å²) in [5.41, 5.74) is 1.61. The average molecular weight is 194 g/mol. The Morgan fingerprint density at radius 1 is 1.69 bits per heavy atom. The molecule has 0 radical (unpaired) electrons. The van der Waals surface area contributed by atoms with Gasteiger partial charge in [0.2, 0.25) is 0 Å². The van der Waals surface area contributed by atoms with Gasteiger partial charge in [-0.05, 0) is 24.8 Å². The van der Waals surface area contributed by atoms with Crippen LogP contribution in [0.2, 0.25) is 0 Å². The zero-order valence-electron chi connectivity index (χ0n) is 7.50. The van der Waals surface area contributed by atoms with Gasteiger partial charge in [0.1, 0.15) is 6.04 Å². The molecular formula is C9H10N2OS. The first-order valence-corrected chi connectivity index (χ1v) is 4.82. The van der Waals surface area contributed by atoms with Crippen molar-refractivity contribution in [3.8, 4) is 6.07 Å².